The number of hydrogen-bond donors (Lipinski definition) is 3. The minimum absolute atomic E-state index is 0.0829. The van der Waals surface area contributed by atoms with E-state index in [-0.39, 0.29) is 36.5 Å². The second-order valence-corrected chi connectivity index (χ2v) is 9.93. The number of nitrogens with two attached hydrogens (primary N) is 1. The van der Waals surface area contributed by atoms with E-state index in [1.807, 2.05) is 12.1 Å². The number of rotatable bonds is 11. The van der Waals surface area contributed by atoms with Crippen LogP contribution in [0.3, 0.4) is 0 Å². The zero-order chi connectivity index (χ0) is 27.9. The molecule has 2 aromatic heterocycles. The van der Waals surface area contributed by atoms with Crippen molar-refractivity contribution in [2.45, 2.75) is 38.6 Å². The Morgan fingerprint density at radius 1 is 1.07 bits per heavy atom. The number of carbonyl (C=O) groups excluding carboxylic acids is 1. The zero-order valence-corrected chi connectivity index (χ0v) is 22.3. The number of pyridine rings is 2. The number of cyclic esters (lactones) is 1. The van der Waals surface area contributed by atoms with Gasteiger partial charge in [0.2, 0.25) is 6.79 Å². The van der Waals surface area contributed by atoms with E-state index in [0.29, 0.717) is 81.0 Å². The lowest BCUT2D eigenvalue weighted by molar-refractivity contribution is -0.172. The molecule has 0 bridgehead atoms. The molecule has 12 nitrogen and oxygen atoms in total. The van der Waals surface area contributed by atoms with E-state index in [4.69, 9.17) is 34.4 Å². The fourth-order valence-corrected chi connectivity index (χ4v) is 5.52. The third kappa shape index (κ3) is 4.41. The third-order valence-electron chi connectivity index (χ3n) is 7.66. The number of hydrogen-bond acceptors (Lipinski definition) is 11. The van der Waals surface area contributed by atoms with E-state index in [9.17, 15) is 14.7 Å². The van der Waals surface area contributed by atoms with Crippen molar-refractivity contribution < 1.29 is 33.6 Å². The maximum atomic E-state index is 13.6. The Labute approximate surface area is 229 Å². The van der Waals surface area contributed by atoms with Crippen molar-refractivity contribution in [2.24, 2.45) is 5.73 Å². The van der Waals surface area contributed by atoms with Gasteiger partial charge in [-0.05, 0) is 24.1 Å². The molecule has 40 heavy (non-hydrogen) atoms. The first-order valence-corrected chi connectivity index (χ1v) is 13.4. The smallest absolute Gasteiger partial charge is 0.343 e. The molecule has 0 unspecified atom stereocenters. The van der Waals surface area contributed by atoms with E-state index < -0.39 is 11.6 Å². The first-order chi connectivity index (χ1) is 19.5. The molecule has 4 N–H and O–H groups in total. The van der Waals surface area contributed by atoms with Crippen LogP contribution in [0, 0.1) is 0 Å². The normalized spacial score (nSPS) is 18.5. The Hall–Kier alpha value is -3.55. The molecular formula is C28H32N4O8. The van der Waals surface area contributed by atoms with Crippen LogP contribution >= 0.6 is 0 Å². The van der Waals surface area contributed by atoms with Crippen LogP contribution in [-0.4, -0.2) is 66.9 Å². The molecule has 3 aliphatic rings. The molecule has 0 fully saturated rings. The van der Waals surface area contributed by atoms with Crippen LogP contribution < -0.4 is 26.1 Å². The minimum atomic E-state index is -1.88. The Balaban J connectivity index is 1.35. The van der Waals surface area contributed by atoms with E-state index in [1.54, 1.807) is 17.6 Å². The van der Waals surface area contributed by atoms with Crippen molar-refractivity contribution in [1.29, 1.82) is 0 Å². The highest BCUT2D eigenvalue weighted by Gasteiger charge is 2.45. The molecule has 3 aromatic rings. The van der Waals surface area contributed by atoms with Crippen LogP contribution in [0.15, 0.2) is 23.0 Å². The lowest BCUT2D eigenvalue weighted by Crippen LogP contribution is -2.44. The molecule has 1 aromatic carbocycles. The van der Waals surface area contributed by atoms with Gasteiger partial charge in [0.25, 0.3) is 5.56 Å². The lowest BCUT2D eigenvalue weighted by Gasteiger charge is -2.31. The van der Waals surface area contributed by atoms with E-state index >= 15 is 0 Å². The van der Waals surface area contributed by atoms with Crippen molar-refractivity contribution in [3.63, 3.8) is 0 Å². The highest BCUT2D eigenvalue weighted by molar-refractivity contribution is 5.91. The van der Waals surface area contributed by atoms with Crippen LogP contribution in [0.2, 0.25) is 0 Å². The molecule has 0 spiro atoms. The SMILES string of the molecule is CC[C@@]1(O)C(=O)OCc2c1cc1n(c2=O)Cc2c-1nc1cc3c(cc1c2CNCCOCCOCCN)OCO3. The minimum Gasteiger partial charge on any atom is -0.458 e. The number of aromatic nitrogens is 2. The molecule has 1 atom stereocenters. The maximum Gasteiger partial charge on any atom is 0.343 e. The molecule has 0 aliphatic carbocycles. The molecule has 6 rings (SSSR count). The Kier molecular flexibility index (Phi) is 7.19. The molecule has 0 radical (unpaired) electrons. The summed E-state index contributed by atoms with van der Waals surface area (Å²) in [5.41, 5.74) is 7.57. The van der Waals surface area contributed by atoms with Gasteiger partial charge >= 0.3 is 5.97 Å². The van der Waals surface area contributed by atoms with Crippen LogP contribution in [0.25, 0.3) is 22.3 Å². The summed E-state index contributed by atoms with van der Waals surface area (Å²) >= 11 is 0. The van der Waals surface area contributed by atoms with Crippen LogP contribution in [0.5, 0.6) is 11.5 Å². The van der Waals surface area contributed by atoms with Crippen LogP contribution in [0.4, 0.5) is 0 Å². The lowest BCUT2D eigenvalue weighted by atomic mass is 9.86. The molecular weight excluding hydrogens is 520 g/mol. The fourth-order valence-electron chi connectivity index (χ4n) is 5.52. The summed E-state index contributed by atoms with van der Waals surface area (Å²) in [7, 11) is 0. The number of esters is 1. The van der Waals surface area contributed by atoms with Crippen molar-refractivity contribution in [1.82, 2.24) is 14.9 Å². The maximum absolute atomic E-state index is 13.6. The van der Waals surface area contributed by atoms with Gasteiger partial charge in [-0.1, -0.05) is 6.92 Å². The van der Waals surface area contributed by atoms with Gasteiger partial charge in [-0.15, -0.1) is 0 Å². The molecule has 0 saturated carbocycles. The van der Waals surface area contributed by atoms with Crippen LogP contribution in [-0.2, 0) is 44.3 Å². The van der Waals surface area contributed by atoms with Gasteiger partial charge in [0.1, 0.15) is 6.61 Å². The number of nitrogens with one attached hydrogen (secondary N) is 1. The quantitative estimate of drug-likeness (QED) is 0.179. The summed E-state index contributed by atoms with van der Waals surface area (Å²) in [5.74, 6) is 0.499. The number of benzene rings is 1. The van der Waals surface area contributed by atoms with Gasteiger partial charge in [0.15, 0.2) is 17.1 Å². The van der Waals surface area contributed by atoms with Gasteiger partial charge in [-0.2, -0.15) is 0 Å². The van der Waals surface area contributed by atoms with Gasteiger partial charge < -0.3 is 44.4 Å². The molecule has 5 heterocycles. The number of fused-ring (bicyclic) bond motifs is 6. The monoisotopic (exact) mass is 552 g/mol. The average molecular weight is 553 g/mol. The van der Waals surface area contributed by atoms with Crippen molar-refractivity contribution in [3.8, 4) is 22.9 Å². The average Bonchev–Trinajstić information content (AvgIpc) is 3.57. The van der Waals surface area contributed by atoms with Gasteiger partial charge in [0, 0.05) is 42.2 Å². The molecule has 12 heteroatoms. The summed E-state index contributed by atoms with van der Waals surface area (Å²) in [5, 5.41) is 15.5. The second-order valence-electron chi connectivity index (χ2n) is 9.93. The predicted octanol–water partition coefficient (Wildman–Crippen LogP) is 0.890. The Morgan fingerprint density at radius 3 is 2.62 bits per heavy atom. The van der Waals surface area contributed by atoms with Crippen molar-refractivity contribution >= 4 is 16.9 Å². The second kappa shape index (κ2) is 10.8. The summed E-state index contributed by atoms with van der Waals surface area (Å²) in [6.45, 7) is 5.52. The summed E-state index contributed by atoms with van der Waals surface area (Å²) in [4.78, 5) is 31.1. The number of nitrogens with zero attached hydrogens (tertiary/aromatic N) is 2. The first-order valence-electron chi connectivity index (χ1n) is 13.4. The van der Waals surface area contributed by atoms with E-state index in [2.05, 4.69) is 5.32 Å². The number of ether oxygens (including phenoxy) is 5. The Morgan fingerprint density at radius 2 is 1.85 bits per heavy atom. The number of carbonyl (C=O) groups is 1. The third-order valence-corrected chi connectivity index (χ3v) is 7.66. The summed E-state index contributed by atoms with van der Waals surface area (Å²) < 4.78 is 29.0. The van der Waals surface area contributed by atoms with Gasteiger partial charge in [-0.3, -0.25) is 4.79 Å². The predicted molar refractivity (Wildman–Crippen MR) is 143 cm³/mol. The highest BCUT2D eigenvalue weighted by atomic mass is 16.7. The van der Waals surface area contributed by atoms with E-state index in [0.717, 1.165) is 16.5 Å². The van der Waals surface area contributed by atoms with Crippen molar-refractivity contribution in [3.05, 3.63) is 50.8 Å². The zero-order valence-electron chi connectivity index (χ0n) is 22.3. The molecule has 212 valence electrons. The van der Waals surface area contributed by atoms with Gasteiger partial charge in [-0.25, -0.2) is 9.78 Å². The summed E-state index contributed by atoms with van der Waals surface area (Å²) in [6.07, 6.45) is 0.0829. The topological polar surface area (TPSA) is 156 Å². The Bertz CT molecular complexity index is 1540. The standard InChI is InChI=1S/C28H32N4O8/c1-2-28(35)20-10-22-25-18(13-32(22)26(33)19(20)14-38-27(28)34)17(12-30-4-6-37-8-7-36-5-3-29)16-9-23-24(40-15-39-23)11-21(16)31-25/h9-11,30,35H,2-8,12-15,29H2,1H3/t28-/m0/s1. The molecule has 0 saturated heterocycles. The van der Waals surface area contributed by atoms with Gasteiger partial charge in [0.05, 0.1) is 55.4 Å². The highest BCUT2D eigenvalue weighted by Crippen LogP contribution is 2.43. The molecule has 0 amide bonds. The molecule has 3 aliphatic heterocycles. The number of aliphatic hydroxyl groups is 1. The van der Waals surface area contributed by atoms with Crippen LogP contribution in [0.1, 0.15) is 35.6 Å². The first kappa shape index (κ1) is 26.7. The fraction of sp³-hybridized carbons (Fsp3) is 0.464. The van der Waals surface area contributed by atoms with E-state index in [1.165, 1.54) is 0 Å². The largest absolute Gasteiger partial charge is 0.458 e. The summed E-state index contributed by atoms with van der Waals surface area (Å²) in [6, 6.07) is 5.48. The van der Waals surface area contributed by atoms with Crippen molar-refractivity contribution in [2.75, 3.05) is 46.3 Å².